The lowest BCUT2D eigenvalue weighted by Gasteiger charge is -2.15. The van der Waals surface area contributed by atoms with E-state index in [-0.39, 0.29) is 18.2 Å². The van der Waals surface area contributed by atoms with Gasteiger partial charge < -0.3 is 10.6 Å². The molecule has 1 aliphatic heterocycles. The molecule has 1 fully saturated rings. The lowest BCUT2D eigenvalue weighted by atomic mass is 10.1. The minimum atomic E-state index is -0.498. The normalized spacial score (nSPS) is 19.4. The summed E-state index contributed by atoms with van der Waals surface area (Å²) in [6, 6.07) is 5.66. The van der Waals surface area contributed by atoms with Crippen LogP contribution in [0.2, 0.25) is 0 Å². The molecule has 2 amide bonds. The molecule has 1 atom stereocenters. The summed E-state index contributed by atoms with van der Waals surface area (Å²) in [5.74, 6) is -0.880. The van der Waals surface area contributed by atoms with Gasteiger partial charge in [0.15, 0.2) is 0 Å². The Kier molecular flexibility index (Phi) is 4.49. The first kappa shape index (κ1) is 13.5. The fraction of sp³-hybridized carbons (Fsp3) is 0.429. The maximum absolute atomic E-state index is 13.4. The van der Waals surface area contributed by atoms with Crippen LogP contribution < -0.4 is 10.6 Å². The molecule has 4 nitrogen and oxygen atoms in total. The van der Waals surface area contributed by atoms with Gasteiger partial charge >= 0.3 is 0 Å². The number of carbonyl (C=O) groups excluding carboxylic acids is 2. The van der Waals surface area contributed by atoms with Crippen LogP contribution in [0.4, 0.5) is 4.39 Å². The van der Waals surface area contributed by atoms with Crippen LogP contribution in [-0.2, 0) is 16.0 Å². The molecule has 102 valence electrons. The van der Waals surface area contributed by atoms with Gasteiger partial charge in [-0.3, -0.25) is 9.59 Å². The SMILES string of the molecule is O=C(Cc1ccccc1F)NC1CCCCNC1=O. The van der Waals surface area contributed by atoms with Crippen molar-refractivity contribution >= 4 is 11.8 Å². The van der Waals surface area contributed by atoms with E-state index in [0.29, 0.717) is 18.5 Å². The van der Waals surface area contributed by atoms with Gasteiger partial charge in [-0.15, -0.1) is 0 Å². The van der Waals surface area contributed by atoms with E-state index in [9.17, 15) is 14.0 Å². The average Bonchev–Trinajstić information content (AvgIpc) is 2.58. The van der Waals surface area contributed by atoms with Gasteiger partial charge in [-0.1, -0.05) is 18.2 Å². The van der Waals surface area contributed by atoms with Gasteiger partial charge in [0, 0.05) is 6.54 Å². The van der Waals surface area contributed by atoms with Crippen molar-refractivity contribution in [2.24, 2.45) is 0 Å². The third kappa shape index (κ3) is 3.77. The molecule has 1 saturated heterocycles. The van der Waals surface area contributed by atoms with E-state index in [1.54, 1.807) is 18.2 Å². The van der Waals surface area contributed by atoms with Crippen LogP contribution in [0.15, 0.2) is 24.3 Å². The van der Waals surface area contributed by atoms with Crippen molar-refractivity contribution in [2.45, 2.75) is 31.7 Å². The van der Waals surface area contributed by atoms with Gasteiger partial charge in [0.2, 0.25) is 11.8 Å². The van der Waals surface area contributed by atoms with Crippen molar-refractivity contribution in [3.05, 3.63) is 35.6 Å². The maximum Gasteiger partial charge on any atom is 0.242 e. The summed E-state index contributed by atoms with van der Waals surface area (Å²) in [6.07, 6.45) is 2.40. The molecule has 0 bridgehead atoms. The molecule has 1 unspecified atom stereocenters. The molecular formula is C14H17FN2O2. The van der Waals surface area contributed by atoms with Gasteiger partial charge in [0.05, 0.1) is 6.42 Å². The highest BCUT2D eigenvalue weighted by molar-refractivity contribution is 5.88. The molecule has 0 aromatic heterocycles. The Labute approximate surface area is 111 Å². The fourth-order valence-corrected chi connectivity index (χ4v) is 2.14. The molecule has 19 heavy (non-hydrogen) atoms. The highest BCUT2D eigenvalue weighted by Gasteiger charge is 2.22. The summed E-state index contributed by atoms with van der Waals surface area (Å²) in [7, 11) is 0. The Bertz CT molecular complexity index is 476. The van der Waals surface area contributed by atoms with E-state index >= 15 is 0 Å². The second-order valence-corrected chi connectivity index (χ2v) is 4.68. The first-order chi connectivity index (χ1) is 9.16. The molecule has 5 heteroatoms. The van der Waals surface area contributed by atoms with Gasteiger partial charge in [0.1, 0.15) is 11.9 Å². The summed E-state index contributed by atoms with van der Waals surface area (Å²) in [5.41, 5.74) is 0.342. The largest absolute Gasteiger partial charge is 0.354 e. The molecule has 1 heterocycles. The maximum atomic E-state index is 13.4. The number of hydrogen-bond acceptors (Lipinski definition) is 2. The highest BCUT2D eigenvalue weighted by Crippen LogP contribution is 2.09. The topological polar surface area (TPSA) is 58.2 Å². The lowest BCUT2D eigenvalue weighted by molar-refractivity contribution is -0.128. The van der Waals surface area contributed by atoms with Crippen LogP contribution in [0.25, 0.3) is 0 Å². The molecule has 2 rings (SSSR count). The first-order valence-electron chi connectivity index (χ1n) is 6.47. The Hall–Kier alpha value is -1.91. The highest BCUT2D eigenvalue weighted by atomic mass is 19.1. The van der Waals surface area contributed by atoms with Crippen molar-refractivity contribution in [2.75, 3.05) is 6.54 Å². The summed E-state index contributed by atoms with van der Waals surface area (Å²) >= 11 is 0. The van der Waals surface area contributed by atoms with E-state index in [4.69, 9.17) is 0 Å². The Morgan fingerprint density at radius 3 is 2.95 bits per heavy atom. The van der Waals surface area contributed by atoms with Crippen molar-refractivity contribution in [1.29, 1.82) is 0 Å². The first-order valence-corrected chi connectivity index (χ1v) is 6.47. The molecule has 1 aromatic carbocycles. The second kappa shape index (κ2) is 6.31. The Balaban J connectivity index is 1.93. The molecule has 0 saturated carbocycles. The van der Waals surface area contributed by atoms with Crippen LogP contribution >= 0.6 is 0 Å². The van der Waals surface area contributed by atoms with Crippen LogP contribution in [0.5, 0.6) is 0 Å². The van der Waals surface area contributed by atoms with Crippen molar-refractivity contribution in [1.82, 2.24) is 10.6 Å². The third-order valence-electron chi connectivity index (χ3n) is 3.18. The standard InChI is InChI=1S/C14H17FN2O2/c15-11-6-2-1-5-10(11)9-13(18)17-12-7-3-4-8-16-14(12)19/h1-2,5-6,12H,3-4,7-9H2,(H,16,19)(H,17,18). The molecule has 0 radical (unpaired) electrons. The number of halogens is 1. The molecular weight excluding hydrogens is 247 g/mol. The quantitative estimate of drug-likeness (QED) is 0.860. The minimum Gasteiger partial charge on any atom is -0.354 e. The van der Waals surface area contributed by atoms with E-state index in [1.165, 1.54) is 6.07 Å². The number of hydrogen-bond donors (Lipinski definition) is 2. The minimum absolute atomic E-state index is 0.0452. The Morgan fingerprint density at radius 1 is 1.37 bits per heavy atom. The second-order valence-electron chi connectivity index (χ2n) is 4.68. The predicted molar refractivity (Wildman–Crippen MR) is 68.9 cm³/mol. The van der Waals surface area contributed by atoms with E-state index in [2.05, 4.69) is 10.6 Å². The third-order valence-corrected chi connectivity index (χ3v) is 3.18. The van der Waals surface area contributed by atoms with Crippen molar-refractivity contribution in [3.63, 3.8) is 0 Å². The van der Waals surface area contributed by atoms with E-state index in [0.717, 1.165) is 12.8 Å². The number of benzene rings is 1. The number of nitrogens with one attached hydrogen (secondary N) is 2. The zero-order valence-corrected chi connectivity index (χ0v) is 10.6. The van der Waals surface area contributed by atoms with Gasteiger partial charge in [-0.2, -0.15) is 0 Å². The van der Waals surface area contributed by atoms with E-state index in [1.807, 2.05) is 0 Å². The molecule has 0 aliphatic carbocycles. The summed E-state index contributed by atoms with van der Waals surface area (Å²) < 4.78 is 13.4. The van der Waals surface area contributed by atoms with Crippen molar-refractivity contribution < 1.29 is 14.0 Å². The molecule has 1 aromatic rings. The van der Waals surface area contributed by atoms with Crippen LogP contribution in [0, 0.1) is 5.82 Å². The summed E-state index contributed by atoms with van der Waals surface area (Å²) in [6.45, 7) is 0.651. The van der Waals surface area contributed by atoms with Crippen LogP contribution in [-0.4, -0.2) is 24.4 Å². The van der Waals surface area contributed by atoms with Crippen LogP contribution in [0.1, 0.15) is 24.8 Å². The predicted octanol–water partition coefficient (Wildman–Crippen LogP) is 1.15. The smallest absolute Gasteiger partial charge is 0.242 e. The number of amides is 2. The average molecular weight is 264 g/mol. The van der Waals surface area contributed by atoms with E-state index < -0.39 is 11.9 Å². The molecule has 2 N–H and O–H groups in total. The van der Waals surface area contributed by atoms with Gasteiger partial charge in [0.25, 0.3) is 0 Å². The molecule has 0 spiro atoms. The monoisotopic (exact) mass is 264 g/mol. The number of rotatable bonds is 3. The summed E-state index contributed by atoms with van der Waals surface area (Å²) in [4.78, 5) is 23.5. The fourth-order valence-electron chi connectivity index (χ4n) is 2.14. The van der Waals surface area contributed by atoms with Crippen molar-refractivity contribution in [3.8, 4) is 0 Å². The number of carbonyl (C=O) groups is 2. The summed E-state index contributed by atoms with van der Waals surface area (Å²) in [5, 5.41) is 5.41. The van der Waals surface area contributed by atoms with Gasteiger partial charge in [-0.05, 0) is 30.9 Å². The molecule has 1 aliphatic rings. The zero-order valence-electron chi connectivity index (χ0n) is 10.6. The van der Waals surface area contributed by atoms with Gasteiger partial charge in [-0.25, -0.2) is 4.39 Å². The van der Waals surface area contributed by atoms with Crippen LogP contribution in [0.3, 0.4) is 0 Å². The lowest BCUT2D eigenvalue weighted by Crippen LogP contribution is -2.46. The zero-order chi connectivity index (χ0) is 13.7. The Morgan fingerprint density at radius 2 is 2.16 bits per heavy atom.